The third-order valence-corrected chi connectivity index (χ3v) is 6.44. The number of rotatable bonds is 3. The molecule has 1 aromatic heterocycles. The molecule has 1 N–H and O–H groups in total. The van der Waals surface area contributed by atoms with Crippen LogP contribution in [0.25, 0.3) is 0 Å². The number of pyridine rings is 1. The average molecular weight is 486 g/mol. The van der Waals surface area contributed by atoms with E-state index in [1.54, 1.807) is 0 Å². The fourth-order valence-corrected chi connectivity index (χ4v) is 3.62. The van der Waals surface area contributed by atoms with Gasteiger partial charge in [0.2, 0.25) is 0 Å². The minimum atomic E-state index is 0. The van der Waals surface area contributed by atoms with Crippen molar-refractivity contribution in [3.63, 3.8) is 0 Å². The minimum Gasteiger partial charge on any atom is -0.354 e. The number of likely N-dealkylation sites (N-methyl/N-ethyl adjacent to an activating group) is 1. The van der Waals surface area contributed by atoms with Gasteiger partial charge in [0.1, 0.15) is 5.82 Å². The van der Waals surface area contributed by atoms with E-state index in [9.17, 15) is 0 Å². The first-order valence-electron chi connectivity index (χ1n) is 9.61. The number of anilines is 1. The number of nitrogens with zero attached hydrogens (tertiary/aromatic N) is 5. The van der Waals surface area contributed by atoms with E-state index in [1.807, 2.05) is 13.2 Å². The summed E-state index contributed by atoms with van der Waals surface area (Å²) in [5, 5.41) is 3.50. The molecule has 0 unspecified atom stereocenters. The fourth-order valence-electron chi connectivity index (χ4n) is 3.62. The first kappa shape index (κ1) is 22.2. The maximum Gasteiger partial charge on any atom is 0.194 e. The molecule has 0 atom stereocenters. The van der Waals surface area contributed by atoms with E-state index < -0.39 is 0 Å². The van der Waals surface area contributed by atoms with Gasteiger partial charge in [-0.3, -0.25) is 4.99 Å². The van der Waals surface area contributed by atoms with E-state index in [2.05, 4.69) is 76.9 Å². The molecule has 7 heteroatoms. The van der Waals surface area contributed by atoms with E-state index in [0.29, 0.717) is 5.41 Å². The van der Waals surface area contributed by atoms with Crippen LogP contribution in [-0.4, -0.2) is 73.1 Å². The number of aromatic nitrogens is 1. The van der Waals surface area contributed by atoms with Crippen LogP contribution < -0.4 is 10.2 Å². The average Bonchev–Trinajstić information content (AvgIpc) is 2.62. The molecule has 3 rings (SSSR count). The monoisotopic (exact) mass is 486 g/mol. The summed E-state index contributed by atoms with van der Waals surface area (Å²) in [7, 11) is 4.03. The Balaban J connectivity index is 0.00000261. The van der Waals surface area contributed by atoms with Gasteiger partial charge < -0.3 is 20.0 Å². The van der Waals surface area contributed by atoms with Crippen LogP contribution in [0.15, 0.2) is 23.3 Å². The first-order valence-corrected chi connectivity index (χ1v) is 9.61. The molecule has 0 bridgehead atoms. The lowest BCUT2D eigenvalue weighted by atomic mass is 9.65. The molecule has 0 saturated carbocycles. The zero-order valence-electron chi connectivity index (χ0n) is 17.6. The van der Waals surface area contributed by atoms with Gasteiger partial charge in [0.25, 0.3) is 0 Å². The van der Waals surface area contributed by atoms with E-state index >= 15 is 0 Å². The molecule has 2 saturated heterocycles. The number of aliphatic imine (C=N–C) groups is 1. The van der Waals surface area contributed by atoms with Crippen molar-refractivity contribution in [2.45, 2.75) is 39.8 Å². The smallest absolute Gasteiger partial charge is 0.194 e. The van der Waals surface area contributed by atoms with E-state index in [-0.39, 0.29) is 29.5 Å². The molecule has 2 fully saturated rings. The molecule has 0 radical (unpaired) electrons. The highest BCUT2D eigenvalue weighted by molar-refractivity contribution is 14.0. The van der Waals surface area contributed by atoms with Crippen LogP contribution in [0.1, 0.15) is 33.3 Å². The molecule has 0 aromatic carbocycles. The van der Waals surface area contributed by atoms with Gasteiger partial charge in [-0.1, -0.05) is 19.9 Å². The highest BCUT2D eigenvalue weighted by Gasteiger charge is 2.53. The molecule has 2 aliphatic rings. The van der Waals surface area contributed by atoms with Crippen LogP contribution in [0.5, 0.6) is 0 Å². The van der Waals surface area contributed by atoms with Gasteiger partial charge in [-0.25, -0.2) is 4.98 Å². The Morgan fingerprint density at radius 2 is 1.81 bits per heavy atom. The summed E-state index contributed by atoms with van der Waals surface area (Å²) < 4.78 is 0. The molecule has 152 valence electrons. The fraction of sp³-hybridized carbons (Fsp3) is 0.700. The van der Waals surface area contributed by atoms with Gasteiger partial charge in [-0.15, -0.1) is 24.0 Å². The number of piperazine rings is 1. The summed E-state index contributed by atoms with van der Waals surface area (Å²) in [4.78, 5) is 16.2. The second-order valence-electron chi connectivity index (χ2n) is 8.74. The lowest BCUT2D eigenvalue weighted by Gasteiger charge is -2.62. The highest BCUT2D eigenvalue weighted by atomic mass is 127. The second kappa shape index (κ2) is 8.51. The maximum absolute atomic E-state index is 4.68. The predicted octanol–water partition coefficient (Wildman–Crippen LogP) is 2.65. The van der Waals surface area contributed by atoms with Crippen LogP contribution in [0.4, 0.5) is 5.82 Å². The molecular formula is C20H35IN6. The number of hydrogen-bond donors (Lipinski definition) is 1. The zero-order chi connectivity index (χ0) is 18.9. The normalized spacial score (nSPS) is 22.1. The lowest BCUT2D eigenvalue weighted by Crippen LogP contribution is -2.72. The van der Waals surface area contributed by atoms with Crippen molar-refractivity contribution in [1.29, 1.82) is 0 Å². The van der Waals surface area contributed by atoms with Gasteiger partial charge in [0, 0.05) is 63.5 Å². The second-order valence-corrected chi connectivity index (χ2v) is 8.74. The summed E-state index contributed by atoms with van der Waals surface area (Å²) in [6, 6.07) is 4.31. The van der Waals surface area contributed by atoms with Crippen LogP contribution in [0, 0.1) is 5.41 Å². The SMILES string of the molecule is CN=C(NCc1ccc(N2CCN(C)CC2)nc1)N1CC(C)(C)C1(C)C.I. The van der Waals surface area contributed by atoms with Crippen molar-refractivity contribution in [2.75, 3.05) is 51.7 Å². The van der Waals surface area contributed by atoms with Crippen LogP contribution in [-0.2, 0) is 6.54 Å². The van der Waals surface area contributed by atoms with Gasteiger partial charge in [0.05, 0.1) is 0 Å². The van der Waals surface area contributed by atoms with Crippen molar-refractivity contribution in [3.8, 4) is 0 Å². The van der Waals surface area contributed by atoms with Crippen molar-refractivity contribution in [3.05, 3.63) is 23.9 Å². The number of guanidine groups is 1. The van der Waals surface area contributed by atoms with Crippen LogP contribution in [0.3, 0.4) is 0 Å². The molecular weight excluding hydrogens is 451 g/mol. The minimum absolute atomic E-state index is 0. The summed E-state index contributed by atoms with van der Waals surface area (Å²) in [5.74, 6) is 2.05. The van der Waals surface area contributed by atoms with E-state index in [0.717, 1.165) is 51.0 Å². The Hall–Kier alpha value is -1.09. The number of likely N-dealkylation sites (tertiary alicyclic amines) is 1. The summed E-state index contributed by atoms with van der Waals surface area (Å²) in [6.45, 7) is 15.3. The van der Waals surface area contributed by atoms with Crippen molar-refractivity contribution >= 4 is 35.8 Å². The highest BCUT2D eigenvalue weighted by Crippen LogP contribution is 2.46. The van der Waals surface area contributed by atoms with Gasteiger partial charge >= 0.3 is 0 Å². The quantitative estimate of drug-likeness (QED) is 0.405. The third kappa shape index (κ3) is 4.50. The maximum atomic E-state index is 4.68. The summed E-state index contributed by atoms with van der Waals surface area (Å²) in [6.07, 6.45) is 1.99. The largest absolute Gasteiger partial charge is 0.354 e. The lowest BCUT2D eigenvalue weighted by molar-refractivity contribution is -0.0667. The van der Waals surface area contributed by atoms with Crippen LogP contribution >= 0.6 is 24.0 Å². The Morgan fingerprint density at radius 3 is 2.30 bits per heavy atom. The molecule has 0 spiro atoms. The Morgan fingerprint density at radius 1 is 1.15 bits per heavy atom. The Kier molecular flexibility index (Phi) is 7.00. The molecule has 0 aliphatic carbocycles. The number of hydrogen-bond acceptors (Lipinski definition) is 4. The molecule has 2 aliphatic heterocycles. The number of nitrogens with one attached hydrogen (secondary N) is 1. The van der Waals surface area contributed by atoms with Crippen molar-refractivity contribution in [1.82, 2.24) is 20.1 Å². The summed E-state index contributed by atoms with van der Waals surface area (Å²) in [5.41, 5.74) is 1.59. The van der Waals surface area contributed by atoms with Crippen LogP contribution in [0.2, 0.25) is 0 Å². The van der Waals surface area contributed by atoms with Gasteiger partial charge in [-0.05, 0) is 32.5 Å². The van der Waals surface area contributed by atoms with Gasteiger partial charge in [0.15, 0.2) is 5.96 Å². The van der Waals surface area contributed by atoms with Crippen molar-refractivity contribution in [2.24, 2.45) is 10.4 Å². The van der Waals surface area contributed by atoms with E-state index in [4.69, 9.17) is 0 Å². The third-order valence-electron chi connectivity index (χ3n) is 6.44. The first-order chi connectivity index (χ1) is 12.2. The molecule has 6 nitrogen and oxygen atoms in total. The molecule has 27 heavy (non-hydrogen) atoms. The van der Waals surface area contributed by atoms with E-state index in [1.165, 1.54) is 5.56 Å². The predicted molar refractivity (Wildman–Crippen MR) is 124 cm³/mol. The topological polar surface area (TPSA) is 47.0 Å². The van der Waals surface area contributed by atoms with Gasteiger partial charge in [-0.2, -0.15) is 0 Å². The Bertz CT molecular complexity index is 647. The standard InChI is InChI=1S/C20H34N6.HI/c1-19(2)15-26(20(19,3)4)18(21-5)23-14-16-7-8-17(22-13-16)25-11-9-24(6)10-12-25;/h7-8,13H,9-12,14-15H2,1-6H3,(H,21,23);1H. The molecule has 0 amide bonds. The zero-order valence-corrected chi connectivity index (χ0v) is 19.9. The Labute approximate surface area is 181 Å². The number of halogens is 1. The summed E-state index contributed by atoms with van der Waals surface area (Å²) >= 11 is 0. The molecule has 1 aromatic rings. The molecule has 3 heterocycles. The van der Waals surface area contributed by atoms with Crippen molar-refractivity contribution < 1.29 is 0 Å².